The topological polar surface area (TPSA) is 119 Å². The van der Waals surface area contributed by atoms with Crippen LogP contribution in [0.4, 0.5) is 0 Å². The van der Waals surface area contributed by atoms with Crippen LogP contribution in [-0.2, 0) is 10.4 Å². The Bertz CT molecular complexity index is 638. The first kappa shape index (κ1) is 13.2. The maximum Gasteiger partial charge on any atom is 0.446 e. The molecule has 0 radical (unpaired) electrons. The zero-order valence-corrected chi connectivity index (χ0v) is 9.52. The van der Waals surface area contributed by atoms with Crippen molar-refractivity contribution in [1.29, 1.82) is 0 Å². The Labute approximate surface area is 98.0 Å². The lowest BCUT2D eigenvalue weighted by atomic mass is 10.1. The quantitative estimate of drug-likeness (QED) is 0.707. The highest BCUT2D eigenvalue weighted by Crippen LogP contribution is 2.30. The molecule has 0 fully saturated rings. The van der Waals surface area contributed by atoms with Crippen molar-refractivity contribution in [2.24, 2.45) is 0 Å². The molecule has 2 rings (SSSR count). The number of benzene rings is 2. The van der Waals surface area contributed by atoms with Crippen molar-refractivity contribution in [2.45, 2.75) is 0 Å². The van der Waals surface area contributed by atoms with E-state index in [-0.39, 0.29) is 17.6 Å². The molecule has 0 aromatic heterocycles. The number of aromatic hydroxyl groups is 1. The second-order valence-electron chi connectivity index (χ2n) is 3.17. The molecule has 0 bridgehead atoms. The summed E-state index contributed by atoms with van der Waals surface area (Å²) >= 11 is 0. The van der Waals surface area contributed by atoms with Gasteiger partial charge >= 0.3 is 10.4 Å². The normalized spacial score (nSPS) is 10.9. The van der Waals surface area contributed by atoms with E-state index in [2.05, 4.69) is 4.18 Å². The monoisotopic (exact) mass is 257 g/mol. The first-order valence-corrected chi connectivity index (χ1v) is 5.71. The van der Waals surface area contributed by atoms with E-state index in [0.29, 0.717) is 10.8 Å². The average Bonchev–Trinajstić information content (AvgIpc) is 2.15. The average molecular weight is 257 g/mol. The van der Waals surface area contributed by atoms with Gasteiger partial charge in [-0.25, -0.2) is 0 Å². The van der Waals surface area contributed by atoms with Crippen molar-refractivity contribution >= 4 is 21.2 Å². The molecule has 2 aromatic rings. The van der Waals surface area contributed by atoms with Gasteiger partial charge in [0, 0.05) is 11.5 Å². The highest BCUT2D eigenvalue weighted by atomic mass is 32.3. The van der Waals surface area contributed by atoms with Crippen LogP contribution in [0, 0.1) is 0 Å². The van der Waals surface area contributed by atoms with E-state index in [0.717, 1.165) is 6.07 Å². The number of hydrogen-bond acceptors (Lipinski definition) is 5. The fourth-order valence-corrected chi connectivity index (χ4v) is 1.77. The predicted octanol–water partition coefficient (Wildman–Crippen LogP) is 1.89. The molecule has 0 aliphatic rings. The Balaban J connectivity index is 0.00000144. The summed E-state index contributed by atoms with van der Waals surface area (Å²) < 4.78 is 33.8. The summed E-state index contributed by atoms with van der Waals surface area (Å²) in [5.41, 5.74) is 0. The number of phenols is 1. The summed E-state index contributed by atoms with van der Waals surface area (Å²) in [6.45, 7) is 0. The van der Waals surface area contributed by atoms with Gasteiger partial charge in [0.25, 0.3) is 0 Å². The maximum absolute atomic E-state index is 10.5. The Hall–Kier alpha value is -1.83. The third-order valence-corrected chi connectivity index (χ3v) is 2.42. The van der Waals surface area contributed by atoms with Gasteiger partial charge in [0.15, 0.2) is 0 Å². The van der Waals surface area contributed by atoms with E-state index in [1.54, 1.807) is 24.3 Å². The van der Waals surface area contributed by atoms with Crippen LogP contribution < -0.4 is 10.3 Å². The lowest BCUT2D eigenvalue weighted by Crippen LogP contribution is -2.06. The van der Waals surface area contributed by atoms with Crippen molar-refractivity contribution in [2.75, 3.05) is 0 Å². The lowest BCUT2D eigenvalue weighted by molar-refractivity contribution is 0.386. The van der Waals surface area contributed by atoms with Crippen LogP contribution in [0.15, 0.2) is 36.4 Å². The van der Waals surface area contributed by atoms with Gasteiger partial charge in [-0.2, -0.15) is 8.42 Å². The highest BCUT2D eigenvalue weighted by molar-refractivity contribution is 7.81. The molecule has 7 heteroatoms. The fourth-order valence-electron chi connectivity index (χ4n) is 1.43. The van der Waals surface area contributed by atoms with Gasteiger partial charge < -0.3 is 15.4 Å². The number of fused-ring (bicyclic) bond motifs is 1. The van der Waals surface area contributed by atoms with E-state index in [4.69, 9.17) is 4.55 Å². The second-order valence-corrected chi connectivity index (χ2v) is 4.20. The Kier molecular flexibility index (Phi) is 3.56. The largest absolute Gasteiger partial charge is 0.507 e. The van der Waals surface area contributed by atoms with E-state index >= 15 is 0 Å². The van der Waals surface area contributed by atoms with Crippen molar-refractivity contribution in [3.63, 3.8) is 0 Å². The van der Waals surface area contributed by atoms with Crippen LogP contribution in [0.1, 0.15) is 0 Å². The summed E-state index contributed by atoms with van der Waals surface area (Å²) in [7, 11) is -4.57. The molecule has 0 atom stereocenters. The smallest absolute Gasteiger partial charge is 0.446 e. The minimum atomic E-state index is -4.57. The van der Waals surface area contributed by atoms with E-state index in [1.807, 2.05) is 0 Å². The molecule has 0 spiro atoms. The molecule has 0 aliphatic carbocycles. The minimum Gasteiger partial charge on any atom is -0.507 e. The van der Waals surface area contributed by atoms with Crippen LogP contribution >= 0.6 is 0 Å². The van der Waals surface area contributed by atoms with Gasteiger partial charge in [-0.3, -0.25) is 4.55 Å². The molecule has 6 nitrogen and oxygen atoms in total. The maximum atomic E-state index is 10.5. The van der Waals surface area contributed by atoms with Gasteiger partial charge in [-0.15, -0.1) is 0 Å². The molecule has 92 valence electrons. The Morgan fingerprint density at radius 1 is 1.12 bits per heavy atom. The summed E-state index contributed by atoms with van der Waals surface area (Å²) in [4.78, 5) is 0. The van der Waals surface area contributed by atoms with Gasteiger partial charge in [0.2, 0.25) is 0 Å². The molecular weight excluding hydrogens is 246 g/mol. The molecule has 17 heavy (non-hydrogen) atoms. The van der Waals surface area contributed by atoms with E-state index in [1.165, 1.54) is 6.07 Å². The summed E-state index contributed by atoms with van der Waals surface area (Å²) in [6.07, 6.45) is 0. The van der Waals surface area contributed by atoms with Gasteiger partial charge in [0.1, 0.15) is 11.5 Å². The number of phenolic OH excluding ortho intramolecular Hbond substituents is 1. The van der Waals surface area contributed by atoms with Crippen LogP contribution in [-0.4, -0.2) is 18.1 Å². The van der Waals surface area contributed by atoms with Gasteiger partial charge in [0.05, 0.1) is 0 Å². The zero-order chi connectivity index (χ0) is 11.8. The molecule has 2 aromatic carbocycles. The molecule has 0 unspecified atom stereocenters. The van der Waals surface area contributed by atoms with Crippen LogP contribution in [0.25, 0.3) is 10.8 Å². The highest BCUT2D eigenvalue weighted by Gasteiger charge is 2.09. The summed E-state index contributed by atoms with van der Waals surface area (Å²) in [5.74, 6) is -0.254. The SMILES string of the molecule is N.O=S(=O)(O)Oc1cc(O)c2ccccc2c1. The second kappa shape index (κ2) is 4.58. The molecule has 5 N–H and O–H groups in total. The molecule has 0 aliphatic heterocycles. The standard InChI is InChI=1S/C10H8O5S.H3N/c11-10-6-8(15-16(12,13)14)5-7-3-1-2-4-9(7)10;/h1-6,11H,(H,12,13,14);1H3. The lowest BCUT2D eigenvalue weighted by Gasteiger charge is -2.05. The van der Waals surface area contributed by atoms with Gasteiger partial charge in [-0.05, 0) is 11.5 Å². The Morgan fingerprint density at radius 3 is 2.41 bits per heavy atom. The molecule has 0 saturated heterocycles. The third kappa shape index (κ3) is 3.06. The minimum absolute atomic E-state index is 0. The number of rotatable bonds is 2. The number of hydrogen-bond donors (Lipinski definition) is 3. The van der Waals surface area contributed by atoms with Crippen molar-refractivity contribution in [1.82, 2.24) is 6.15 Å². The molecular formula is C10H11NO5S. The van der Waals surface area contributed by atoms with E-state index < -0.39 is 10.4 Å². The van der Waals surface area contributed by atoms with Crippen molar-refractivity contribution < 1.29 is 22.3 Å². The molecule has 0 saturated carbocycles. The fraction of sp³-hybridized carbons (Fsp3) is 0. The van der Waals surface area contributed by atoms with Crippen LogP contribution in [0.3, 0.4) is 0 Å². The molecule has 0 heterocycles. The van der Waals surface area contributed by atoms with Crippen LogP contribution in [0.5, 0.6) is 11.5 Å². The summed E-state index contributed by atoms with van der Waals surface area (Å²) in [5, 5.41) is 10.8. The van der Waals surface area contributed by atoms with Crippen LogP contribution in [0.2, 0.25) is 0 Å². The van der Waals surface area contributed by atoms with E-state index in [9.17, 15) is 13.5 Å². The predicted molar refractivity (Wildman–Crippen MR) is 62.8 cm³/mol. The first-order valence-electron chi connectivity index (χ1n) is 4.34. The third-order valence-electron chi connectivity index (χ3n) is 2.02. The van der Waals surface area contributed by atoms with Gasteiger partial charge in [-0.1, -0.05) is 24.3 Å². The Morgan fingerprint density at radius 2 is 1.76 bits per heavy atom. The first-order chi connectivity index (χ1) is 7.46. The summed E-state index contributed by atoms with van der Waals surface area (Å²) in [6, 6.07) is 9.37. The van der Waals surface area contributed by atoms with Crippen molar-refractivity contribution in [3.05, 3.63) is 36.4 Å². The zero-order valence-electron chi connectivity index (χ0n) is 8.70. The molecule has 0 amide bonds. The van der Waals surface area contributed by atoms with Crippen molar-refractivity contribution in [3.8, 4) is 11.5 Å².